The van der Waals surface area contributed by atoms with Gasteiger partial charge in [-0.1, -0.05) is 48.5 Å². The maximum Gasteiger partial charge on any atom is 0.416 e. The van der Waals surface area contributed by atoms with Gasteiger partial charge >= 0.3 is 6.18 Å². The predicted molar refractivity (Wildman–Crippen MR) is 96.5 cm³/mol. The zero-order valence-corrected chi connectivity index (χ0v) is 15.3. The van der Waals surface area contributed by atoms with Crippen LogP contribution in [0, 0.1) is 0 Å². The van der Waals surface area contributed by atoms with Crippen molar-refractivity contribution in [2.75, 3.05) is 0 Å². The molecule has 0 aliphatic rings. The number of tetrazole rings is 1. The highest BCUT2D eigenvalue weighted by molar-refractivity contribution is 5.56. The summed E-state index contributed by atoms with van der Waals surface area (Å²) in [5, 5.41) is 15.7. The van der Waals surface area contributed by atoms with Crippen LogP contribution in [0.5, 0.6) is 0 Å². The minimum Gasteiger partial charge on any atom is -0.337 e. The Morgan fingerprint density at radius 3 is 2.52 bits per heavy atom. The van der Waals surface area contributed by atoms with Crippen LogP contribution in [0.25, 0.3) is 22.8 Å². The summed E-state index contributed by atoms with van der Waals surface area (Å²) in [6.07, 6.45) is -3.51. The summed E-state index contributed by atoms with van der Waals surface area (Å²) >= 11 is 0. The molecule has 148 valence electrons. The van der Waals surface area contributed by atoms with Gasteiger partial charge in [0.1, 0.15) is 6.54 Å². The molecule has 0 N–H and O–H groups in total. The summed E-state index contributed by atoms with van der Waals surface area (Å²) in [4.78, 5) is 5.49. The molecule has 0 unspecified atom stereocenters. The molecule has 0 saturated heterocycles. The van der Waals surface area contributed by atoms with Gasteiger partial charge in [-0.25, -0.2) is 0 Å². The number of rotatable bonds is 5. The molecule has 2 aromatic heterocycles. The smallest absolute Gasteiger partial charge is 0.337 e. The lowest BCUT2D eigenvalue weighted by molar-refractivity contribution is -0.137. The Labute approximate surface area is 163 Å². The van der Waals surface area contributed by atoms with Crippen molar-refractivity contribution in [1.82, 2.24) is 30.3 Å². The minimum absolute atomic E-state index is 0.0476. The maximum atomic E-state index is 12.9. The number of alkyl halides is 3. The van der Waals surface area contributed by atoms with Crippen LogP contribution in [0.4, 0.5) is 13.2 Å². The van der Waals surface area contributed by atoms with Crippen molar-refractivity contribution >= 4 is 0 Å². The zero-order chi connectivity index (χ0) is 20.4. The summed E-state index contributed by atoms with van der Waals surface area (Å²) in [5.41, 5.74) is 1.45. The van der Waals surface area contributed by atoms with E-state index in [1.54, 1.807) is 0 Å². The highest BCUT2D eigenvalue weighted by Crippen LogP contribution is 2.31. The van der Waals surface area contributed by atoms with Crippen molar-refractivity contribution in [2.45, 2.75) is 26.1 Å². The molecular formula is C19H15F3N6O. The minimum atomic E-state index is -4.44. The summed E-state index contributed by atoms with van der Waals surface area (Å²) in [6, 6.07) is 12.6. The molecule has 0 saturated carbocycles. The molecule has 4 rings (SSSR count). The van der Waals surface area contributed by atoms with Crippen molar-refractivity contribution in [3.8, 4) is 22.8 Å². The Morgan fingerprint density at radius 1 is 1.00 bits per heavy atom. The van der Waals surface area contributed by atoms with Crippen molar-refractivity contribution in [1.29, 1.82) is 0 Å². The summed E-state index contributed by atoms with van der Waals surface area (Å²) in [5.74, 6) is 0.763. The fraction of sp³-hybridized carbons (Fsp3) is 0.211. The van der Waals surface area contributed by atoms with Crippen LogP contribution >= 0.6 is 0 Å². The number of aryl methyl sites for hydroxylation is 1. The van der Waals surface area contributed by atoms with E-state index in [2.05, 4.69) is 32.5 Å². The first-order valence-corrected chi connectivity index (χ1v) is 8.79. The number of benzene rings is 2. The van der Waals surface area contributed by atoms with E-state index in [-0.39, 0.29) is 23.8 Å². The lowest BCUT2D eigenvalue weighted by Gasteiger charge is -2.06. The van der Waals surface area contributed by atoms with Gasteiger partial charge in [-0.15, -0.1) is 10.2 Å². The van der Waals surface area contributed by atoms with Gasteiger partial charge in [-0.05, 0) is 29.3 Å². The Morgan fingerprint density at radius 2 is 1.79 bits per heavy atom. The Bertz CT molecular complexity index is 1120. The maximum absolute atomic E-state index is 12.9. The van der Waals surface area contributed by atoms with Gasteiger partial charge in [0.05, 0.1) is 5.56 Å². The average Bonchev–Trinajstić information content (AvgIpc) is 3.38. The first-order chi connectivity index (χ1) is 13.9. The average molecular weight is 400 g/mol. The van der Waals surface area contributed by atoms with Gasteiger partial charge < -0.3 is 4.52 Å². The predicted octanol–water partition coefficient (Wildman–Crippen LogP) is 4.02. The molecule has 2 aromatic carbocycles. The van der Waals surface area contributed by atoms with Crippen LogP contribution in [0.15, 0.2) is 53.1 Å². The molecule has 2 heterocycles. The standard InChI is InChI=1S/C19H15F3N6O/c1-2-12-6-8-13(9-7-12)17-23-16(29-26-17)11-28-25-18(24-27-28)14-4-3-5-15(10-14)19(20,21)22/h3-10H,2,11H2,1H3. The summed E-state index contributed by atoms with van der Waals surface area (Å²) < 4.78 is 43.8. The van der Waals surface area contributed by atoms with Gasteiger partial charge in [0.15, 0.2) is 0 Å². The quantitative estimate of drug-likeness (QED) is 0.503. The molecule has 0 amide bonds. The zero-order valence-electron chi connectivity index (χ0n) is 15.3. The molecule has 0 spiro atoms. The fourth-order valence-electron chi connectivity index (χ4n) is 2.71. The van der Waals surface area contributed by atoms with E-state index < -0.39 is 11.7 Å². The van der Waals surface area contributed by atoms with Gasteiger partial charge in [0.2, 0.25) is 11.6 Å². The van der Waals surface area contributed by atoms with E-state index in [0.29, 0.717) is 5.82 Å². The highest BCUT2D eigenvalue weighted by atomic mass is 19.4. The Kier molecular flexibility index (Phi) is 4.83. The Hall–Kier alpha value is -3.56. The molecule has 0 aliphatic carbocycles. The third-order valence-corrected chi connectivity index (χ3v) is 4.27. The molecular weight excluding hydrogens is 385 g/mol. The van der Waals surface area contributed by atoms with Gasteiger partial charge in [-0.3, -0.25) is 0 Å². The van der Waals surface area contributed by atoms with E-state index in [0.717, 1.165) is 24.1 Å². The molecule has 0 fully saturated rings. The largest absolute Gasteiger partial charge is 0.416 e. The molecule has 0 radical (unpaired) electrons. The normalized spacial score (nSPS) is 11.7. The van der Waals surface area contributed by atoms with E-state index in [9.17, 15) is 13.2 Å². The molecule has 0 bridgehead atoms. The van der Waals surface area contributed by atoms with Crippen LogP contribution in [0.3, 0.4) is 0 Å². The van der Waals surface area contributed by atoms with Crippen molar-refractivity contribution in [2.24, 2.45) is 0 Å². The van der Waals surface area contributed by atoms with Crippen LogP contribution in [0.1, 0.15) is 23.9 Å². The van der Waals surface area contributed by atoms with Crippen LogP contribution < -0.4 is 0 Å². The Balaban J connectivity index is 1.51. The summed E-state index contributed by atoms with van der Waals surface area (Å²) in [7, 11) is 0. The third-order valence-electron chi connectivity index (χ3n) is 4.27. The highest BCUT2D eigenvalue weighted by Gasteiger charge is 2.30. The number of hydrogen-bond donors (Lipinski definition) is 0. The van der Waals surface area contributed by atoms with E-state index in [4.69, 9.17) is 4.52 Å². The molecule has 0 atom stereocenters. The van der Waals surface area contributed by atoms with Crippen LogP contribution in [-0.2, 0) is 19.1 Å². The van der Waals surface area contributed by atoms with E-state index in [1.165, 1.54) is 22.5 Å². The number of hydrogen-bond acceptors (Lipinski definition) is 6. The van der Waals surface area contributed by atoms with Crippen molar-refractivity contribution in [3.63, 3.8) is 0 Å². The lowest BCUT2D eigenvalue weighted by Crippen LogP contribution is -2.05. The first kappa shape index (κ1) is 18.8. The van der Waals surface area contributed by atoms with Crippen LogP contribution in [0.2, 0.25) is 0 Å². The number of nitrogens with zero attached hydrogens (tertiary/aromatic N) is 6. The van der Waals surface area contributed by atoms with Crippen molar-refractivity contribution < 1.29 is 17.7 Å². The van der Waals surface area contributed by atoms with Gasteiger partial charge in [0, 0.05) is 11.1 Å². The fourth-order valence-corrected chi connectivity index (χ4v) is 2.71. The van der Waals surface area contributed by atoms with Crippen LogP contribution in [-0.4, -0.2) is 30.3 Å². The molecule has 4 aromatic rings. The number of halogens is 3. The summed E-state index contributed by atoms with van der Waals surface area (Å²) in [6.45, 7) is 2.12. The molecule has 10 heteroatoms. The molecule has 7 nitrogen and oxygen atoms in total. The second-order valence-electron chi connectivity index (χ2n) is 6.28. The number of aromatic nitrogens is 6. The molecule has 0 aliphatic heterocycles. The van der Waals surface area contributed by atoms with E-state index in [1.807, 2.05) is 24.3 Å². The second kappa shape index (κ2) is 7.46. The topological polar surface area (TPSA) is 82.5 Å². The lowest BCUT2D eigenvalue weighted by atomic mass is 10.1. The van der Waals surface area contributed by atoms with Gasteiger partial charge in [-0.2, -0.15) is 23.0 Å². The van der Waals surface area contributed by atoms with Crippen molar-refractivity contribution in [3.05, 3.63) is 65.5 Å². The van der Waals surface area contributed by atoms with E-state index >= 15 is 0 Å². The first-order valence-electron chi connectivity index (χ1n) is 8.79. The monoisotopic (exact) mass is 400 g/mol. The second-order valence-corrected chi connectivity index (χ2v) is 6.28. The SMILES string of the molecule is CCc1ccc(-c2noc(Cn3nnc(-c4cccc(C(F)(F)F)c4)n3)n2)cc1. The van der Waals surface area contributed by atoms with Gasteiger partial charge in [0.25, 0.3) is 5.89 Å². The third kappa shape index (κ3) is 4.15. The molecule has 29 heavy (non-hydrogen) atoms.